The molecule has 0 bridgehead atoms. The van der Waals surface area contributed by atoms with E-state index >= 15 is 0 Å². The molecule has 1 aromatic heterocycles. The van der Waals surface area contributed by atoms with Crippen molar-refractivity contribution >= 4 is 33.7 Å². The van der Waals surface area contributed by atoms with Gasteiger partial charge in [-0.15, -0.1) is 11.3 Å². The van der Waals surface area contributed by atoms with Gasteiger partial charge in [-0.25, -0.2) is 4.98 Å². The summed E-state index contributed by atoms with van der Waals surface area (Å²) >= 11 is 6.84. The number of thiocarbonyl (C=S) groups is 1. The van der Waals surface area contributed by atoms with Crippen LogP contribution in [0.4, 0.5) is 5.13 Å². The number of nitrogens with two attached hydrogens (primary N) is 1. The molecule has 1 aliphatic heterocycles. The van der Waals surface area contributed by atoms with Gasteiger partial charge < -0.3 is 10.6 Å². The molecule has 0 aliphatic carbocycles. The highest BCUT2D eigenvalue weighted by Gasteiger charge is 2.19. The van der Waals surface area contributed by atoms with Crippen molar-refractivity contribution in [2.24, 2.45) is 5.73 Å². The fourth-order valence-corrected chi connectivity index (χ4v) is 3.50. The molecule has 0 radical (unpaired) electrons. The first-order valence-electron chi connectivity index (χ1n) is 6.98. The molecule has 2 N–H and O–H groups in total. The van der Waals surface area contributed by atoms with Crippen LogP contribution in [-0.4, -0.2) is 41.1 Å². The van der Waals surface area contributed by atoms with E-state index in [2.05, 4.69) is 20.9 Å². The summed E-state index contributed by atoms with van der Waals surface area (Å²) in [6.07, 6.45) is 1.87. The zero-order chi connectivity index (χ0) is 14.7. The Balaban J connectivity index is 1.62. The lowest BCUT2D eigenvalue weighted by Gasteiger charge is -2.34. The van der Waals surface area contributed by atoms with Gasteiger partial charge in [0.1, 0.15) is 4.99 Å². The average Bonchev–Trinajstić information content (AvgIpc) is 3.03. The number of piperazine rings is 1. The van der Waals surface area contributed by atoms with Crippen LogP contribution in [0.15, 0.2) is 35.8 Å². The molecule has 1 saturated heterocycles. The van der Waals surface area contributed by atoms with Crippen LogP contribution >= 0.6 is 23.6 Å². The van der Waals surface area contributed by atoms with Gasteiger partial charge >= 0.3 is 0 Å². The number of hydrogen-bond acceptors (Lipinski definition) is 5. The number of thiazole rings is 1. The summed E-state index contributed by atoms with van der Waals surface area (Å²) in [5.74, 6) is 0. The summed E-state index contributed by atoms with van der Waals surface area (Å²) in [5.41, 5.74) is 8.01. The lowest BCUT2D eigenvalue weighted by Crippen LogP contribution is -2.46. The van der Waals surface area contributed by atoms with E-state index in [1.54, 1.807) is 11.3 Å². The molecule has 0 amide bonds. The third kappa shape index (κ3) is 3.40. The third-order valence-corrected chi connectivity index (χ3v) is 4.79. The number of hydrogen-bond donors (Lipinski definition) is 1. The molecule has 2 aromatic rings. The maximum absolute atomic E-state index is 5.80. The minimum absolute atomic E-state index is 0.479. The van der Waals surface area contributed by atoms with E-state index in [1.165, 1.54) is 5.56 Å². The topological polar surface area (TPSA) is 45.4 Å². The van der Waals surface area contributed by atoms with Crippen molar-refractivity contribution in [1.29, 1.82) is 0 Å². The lowest BCUT2D eigenvalue weighted by molar-refractivity contribution is 0.249. The molecule has 1 fully saturated rings. The quantitative estimate of drug-likeness (QED) is 0.875. The molecule has 4 nitrogen and oxygen atoms in total. The molecule has 0 saturated carbocycles. The highest BCUT2D eigenvalue weighted by atomic mass is 32.1. The van der Waals surface area contributed by atoms with Crippen LogP contribution in [0.3, 0.4) is 0 Å². The van der Waals surface area contributed by atoms with E-state index in [9.17, 15) is 0 Å². The fourth-order valence-electron chi connectivity index (χ4n) is 2.61. The van der Waals surface area contributed by atoms with E-state index in [4.69, 9.17) is 18.0 Å². The Hall–Kier alpha value is -1.50. The summed E-state index contributed by atoms with van der Waals surface area (Å²) in [6.45, 7) is 5.00. The first kappa shape index (κ1) is 14.4. The molecule has 21 heavy (non-hydrogen) atoms. The summed E-state index contributed by atoms with van der Waals surface area (Å²) in [6, 6.07) is 8.15. The first-order chi connectivity index (χ1) is 10.2. The van der Waals surface area contributed by atoms with Crippen molar-refractivity contribution < 1.29 is 0 Å². The second-order valence-corrected chi connectivity index (χ2v) is 6.41. The van der Waals surface area contributed by atoms with Crippen molar-refractivity contribution in [3.05, 3.63) is 47.0 Å². The van der Waals surface area contributed by atoms with Crippen LogP contribution in [0.5, 0.6) is 0 Å². The van der Waals surface area contributed by atoms with Crippen molar-refractivity contribution in [3.63, 3.8) is 0 Å². The molecule has 3 rings (SSSR count). The van der Waals surface area contributed by atoms with Crippen molar-refractivity contribution in [3.8, 4) is 0 Å². The molecular formula is C15H18N4S2. The summed E-state index contributed by atoms with van der Waals surface area (Å²) in [7, 11) is 0. The molecule has 110 valence electrons. The molecule has 1 aromatic carbocycles. The van der Waals surface area contributed by atoms with Crippen LogP contribution in [0.1, 0.15) is 11.1 Å². The van der Waals surface area contributed by atoms with E-state index in [0.717, 1.165) is 43.4 Å². The third-order valence-electron chi connectivity index (χ3n) is 3.74. The highest BCUT2D eigenvalue weighted by Crippen LogP contribution is 2.20. The van der Waals surface area contributed by atoms with E-state index < -0.39 is 0 Å². The van der Waals surface area contributed by atoms with E-state index in [0.29, 0.717) is 4.99 Å². The van der Waals surface area contributed by atoms with Gasteiger partial charge in [0.25, 0.3) is 0 Å². The van der Waals surface area contributed by atoms with Gasteiger partial charge in [-0.1, -0.05) is 36.5 Å². The molecule has 1 aliphatic rings. The van der Waals surface area contributed by atoms with Gasteiger partial charge in [0, 0.05) is 49.9 Å². The fraction of sp³-hybridized carbons (Fsp3) is 0.333. The molecule has 0 spiro atoms. The van der Waals surface area contributed by atoms with Gasteiger partial charge in [-0.2, -0.15) is 0 Å². The Bertz CT molecular complexity index is 604. The maximum Gasteiger partial charge on any atom is 0.185 e. The van der Waals surface area contributed by atoms with Crippen LogP contribution in [0.25, 0.3) is 0 Å². The second-order valence-electron chi connectivity index (χ2n) is 5.10. The number of benzene rings is 1. The first-order valence-corrected chi connectivity index (χ1v) is 8.27. The standard InChI is InChI=1S/C15H18N4S2/c16-14(20)13-4-2-1-3-12(13)11-18-6-8-19(9-7-18)15-17-5-10-21-15/h1-5,10H,6-9,11H2,(H2,16,20). The predicted octanol–water partition coefficient (Wildman–Crippen LogP) is 2.10. The number of anilines is 1. The number of nitrogens with zero attached hydrogens (tertiary/aromatic N) is 3. The van der Waals surface area contributed by atoms with Crippen LogP contribution in [-0.2, 0) is 6.54 Å². The van der Waals surface area contributed by atoms with Gasteiger partial charge in [0.05, 0.1) is 0 Å². The molecule has 6 heteroatoms. The van der Waals surface area contributed by atoms with Crippen LogP contribution in [0.2, 0.25) is 0 Å². The Kier molecular flexibility index (Phi) is 4.48. The lowest BCUT2D eigenvalue weighted by atomic mass is 10.1. The van der Waals surface area contributed by atoms with Gasteiger partial charge in [-0.3, -0.25) is 4.90 Å². The van der Waals surface area contributed by atoms with Crippen LogP contribution < -0.4 is 10.6 Å². The smallest absolute Gasteiger partial charge is 0.185 e. The van der Waals surface area contributed by atoms with Gasteiger partial charge in [0.2, 0.25) is 0 Å². The Labute approximate surface area is 134 Å². The van der Waals surface area contributed by atoms with Crippen LogP contribution in [0, 0.1) is 0 Å². The zero-order valence-electron chi connectivity index (χ0n) is 11.7. The molecule has 0 unspecified atom stereocenters. The van der Waals surface area contributed by atoms with Crippen molar-refractivity contribution in [2.45, 2.75) is 6.54 Å². The molecule has 0 atom stereocenters. The number of rotatable bonds is 4. The van der Waals surface area contributed by atoms with Crippen molar-refractivity contribution in [1.82, 2.24) is 9.88 Å². The minimum atomic E-state index is 0.479. The van der Waals surface area contributed by atoms with Gasteiger partial charge in [0.15, 0.2) is 5.13 Å². The van der Waals surface area contributed by atoms with E-state index in [-0.39, 0.29) is 0 Å². The highest BCUT2D eigenvalue weighted by molar-refractivity contribution is 7.80. The number of aromatic nitrogens is 1. The monoisotopic (exact) mass is 318 g/mol. The van der Waals surface area contributed by atoms with Gasteiger partial charge in [-0.05, 0) is 5.56 Å². The summed E-state index contributed by atoms with van der Waals surface area (Å²) < 4.78 is 0. The maximum atomic E-state index is 5.80. The molecular weight excluding hydrogens is 300 g/mol. The Morgan fingerprint density at radius 3 is 2.67 bits per heavy atom. The second kappa shape index (κ2) is 6.51. The summed E-state index contributed by atoms with van der Waals surface area (Å²) in [5, 5.41) is 3.15. The summed E-state index contributed by atoms with van der Waals surface area (Å²) in [4.78, 5) is 9.65. The Morgan fingerprint density at radius 2 is 2.00 bits per heavy atom. The predicted molar refractivity (Wildman–Crippen MR) is 91.9 cm³/mol. The SMILES string of the molecule is NC(=S)c1ccccc1CN1CCN(c2nccs2)CC1. The zero-order valence-corrected chi connectivity index (χ0v) is 13.4. The average molecular weight is 318 g/mol. The normalized spacial score (nSPS) is 16.1. The minimum Gasteiger partial charge on any atom is -0.389 e. The van der Waals surface area contributed by atoms with Crippen molar-refractivity contribution in [2.75, 3.05) is 31.1 Å². The molecule has 2 heterocycles. The Morgan fingerprint density at radius 1 is 1.24 bits per heavy atom. The largest absolute Gasteiger partial charge is 0.389 e. The van der Waals surface area contributed by atoms with E-state index in [1.807, 2.05) is 29.8 Å².